The second-order valence-corrected chi connectivity index (χ2v) is 5.69. The SMILES string of the molecule is CC(C)(C(=O)NCc1ccc(CN)cc1)c1ccccc1. The van der Waals surface area contributed by atoms with Crippen molar-refractivity contribution in [3.8, 4) is 0 Å². The number of hydrogen-bond acceptors (Lipinski definition) is 2. The third kappa shape index (κ3) is 3.70. The third-order valence-corrected chi connectivity index (χ3v) is 3.77. The Kier molecular flexibility index (Phi) is 4.76. The van der Waals surface area contributed by atoms with Crippen LogP contribution in [0.2, 0.25) is 0 Å². The van der Waals surface area contributed by atoms with E-state index in [2.05, 4.69) is 5.32 Å². The van der Waals surface area contributed by atoms with Gasteiger partial charge in [0.1, 0.15) is 0 Å². The zero-order chi connectivity index (χ0) is 15.3. The van der Waals surface area contributed by atoms with Crippen molar-refractivity contribution in [3.63, 3.8) is 0 Å². The normalized spacial score (nSPS) is 11.2. The molecule has 0 unspecified atom stereocenters. The van der Waals surface area contributed by atoms with Gasteiger partial charge in [-0.2, -0.15) is 0 Å². The van der Waals surface area contributed by atoms with E-state index in [4.69, 9.17) is 5.73 Å². The fourth-order valence-electron chi connectivity index (χ4n) is 2.18. The highest BCUT2D eigenvalue weighted by molar-refractivity contribution is 5.87. The molecule has 0 aromatic heterocycles. The van der Waals surface area contributed by atoms with E-state index < -0.39 is 5.41 Å². The molecule has 0 aliphatic rings. The molecule has 3 N–H and O–H groups in total. The van der Waals surface area contributed by atoms with E-state index >= 15 is 0 Å². The van der Waals surface area contributed by atoms with Gasteiger partial charge in [0.25, 0.3) is 0 Å². The molecule has 0 atom stereocenters. The molecule has 2 aromatic carbocycles. The Bertz CT molecular complexity index is 588. The molecule has 2 aromatic rings. The molecule has 0 aliphatic heterocycles. The highest BCUT2D eigenvalue weighted by Crippen LogP contribution is 2.23. The molecule has 0 aliphatic carbocycles. The number of benzene rings is 2. The minimum Gasteiger partial charge on any atom is -0.351 e. The van der Waals surface area contributed by atoms with Gasteiger partial charge in [0, 0.05) is 13.1 Å². The Morgan fingerprint density at radius 3 is 2.14 bits per heavy atom. The van der Waals surface area contributed by atoms with Gasteiger partial charge in [0.15, 0.2) is 0 Å². The van der Waals surface area contributed by atoms with Gasteiger partial charge in [-0.15, -0.1) is 0 Å². The fourth-order valence-corrected chi connectivity index (χ4v) is 2.18. The molecule has 0 saturated carbocycles. The highest BCUT2D eigenvalue weighted by atomic mass is 16.2. The summed E-state index contributed by atoms with van der Waals surface area (Å²) in [5, 5.41) is 3.00. The lowest BCUT2D eigenvalue weighted by molar-refractivity contribution is -0.125. The van der Waals surface area contributed by atoms with Gasteiger partial charge >= 0.3 is 0 Å². The number of carbonyl (C=O) groups is 1. The van der Waals surface area contributed by atoms with Crippen molar-refractivity contribution < 1.29 is 4.79 Å². The van der Waals surface area contributed by atoms with Crippen LogP contribution in [0.3, 0.4) is 0 Å². The lowest BCUT2D eigenvalue weighted by atomic mass is 9.84. The van der Waals surface area contributed by atoms with E-state index in [0.717, 1.165) is 16.7 Å². The molecule has 0 radical (unpaired) electrons. The van der Waals surface area contributed by atoms with Crippen LogP contribution in [-0.4, -0.2) is 5.91 Å². The lowest BCUT2D eigenvalue weighted by Gasteiger charge is -2.24. The Morgan fingerprint density at radius 2 is 1.57 bits per heavy atom. The monoisotopic (exact) mass is 282 g/mol. The first-order valence-corrected chi connectivity index (χ1v) is 7.16. The first-order chi connectivity index (χ1) is 10.0. The number of rotatable bonds is 5. The average molecular weight is 282 g/mol. The third-order valence-electron chi connectivity index (χ3n) is 3.77. The van der Waals surface area contributed by atoms with E-state index in [1.165, 1.54) is 0 Å². The van der Waals surface area contributed by atoms with E-state index in [9.17, 15) is 4.79 Å². The largest absolute Gasteiger partial charge is 0.351 e. The molecule has 2 rings (SSSR count). The predicted octanol–water partition coefficient (Wildman–Crippen LogP) is 2.74. The summed E-state index contributed by atoms with van der Waals surface area (Å²) in [6.07, 6.45) is 0. The van der Waals surface area contributed by atoms with Crippen LogP contribution in [0.15, 0.2) is 54.6 Å². The van der Waals surface area contributed by atoms with Crippen LogP contribution in [0.4, 0.5) is 0 Å². The molecule has 1 amide bonds. The molecule has 3 nitrogen and oxygen atoms in total. The summed E-state index contributed by atoms with van der Waals surface area (Å²) in [5.41, 5.74) is 8.21. The van der Waals surface area contributed by atoms with Crippen molar-refractivity contribution in [2.45, 2.75) is 32.4 Å². The van der Waals surface area contributed by atoms with Gasteiger partial charge in [-0.1, -0.05) is 54.6 Å². The zero-order valence-corrected chi connectivity index (χ0v) is 12.6. The first kappa shape index (κ1) is 15.3. The summed E-state index contributed by atoms with van der Waals surface area (Å²) in [6.45, 7) is 4.94. The topological polar surface area (TPSA) is 55.1 Å². The van der Waals surface area contributed by atoms with Crippen LogP contribution in [0.5, 0.6) is 0 Å². The van der Waals surface area contributed by atoms with Crippen LogP contribution in [0.25, 0.3) is 0 Å². The summed E-state index contributed by atoms with van der Waals surface area (Å²) in [5.74, 6) is 0.0246. The van der Waals surface area contributed by atoms with Gasteiger partial charge in [-0.05, 0) is 30.5 Å². The van der Waals surface area contributed by atoms with E-state index in [-0.39, 0.29) is 5.91 Å². The standard InChI is InChI=1S/C18H22N2O/c1-18(2,16-6-4-3-5-7-16)17(21)20-13-15-10-8-14(12-19)9-11-15/h3-11H,12-13,19H2,1-2H3,(H,20,21). The maximum Gasteiger partial charge on any atom is 0.230 e. The zero-order valence-electron chi connectivity index (χ0n) is 12.6. The van der Waals surface area contributed by atoms with Crippen LogP contribution in [0, 0.1) is 0 Å². The van der Waals surface area contributed by atoms with Crippen molar-refractivity contribution in [3.05, 3.63) is 71.3 Å². The number of nitrogens with two attached hydrogens (primary N) is 1. The van der Waals surface area contributed by atoms with E-state index in [0.29, 0.717) is 13.1 Å². The van der Waals surface area contributed by atoms with Crippen LogP contribution in [-0.2, 0) is 23.3 Å². The molecule has 110 valence electrons. The molecule has 0 saturated heterocycles. The summed E-state index contributed by atoms with van der Waals surface area (Å²) >= 11 is 0. The van der Waals surface area contributed by atoms with E-state index in [1.54, 1.807) is 0 Å². The van der Waals surface area contributed by atoms with E-state index in [1.807, 2.05) is 68.4 Å². The van der Waals surface area contributed by atoms with Crippen molar-refractivity contribution in [2.24, 2.45) is 5.73 Å². The summed E-state index contributed by atoms with van der Waals surface area (Å²) in [4.78, 5) is 12.4. The Balaban J connectivity index is 2.00. The van der Waals surface area contributed by atoms with Gasteiger partial charge in [0.05, 0.1) is 5.41 Å². The second kappa shape index (κ2) is 6.55. The number of amides is 1. The molecule has 0 fully saturated rings. The molecule has 0 spiro atoms. The van der Waals surface area contributed by atoms with Crippen LogP contribution >= 0.6 is 0 Å². The molecule has 21 heavy (non-hydrogen) atoms. The molecule has 3 heteroatoms. The van der Waals surface area contributed by atoms with Gasteiger partial charge < -0.3 is 11.1 Å². The summed E-state index contributed by atoms with van der Waals surface area (Å²) in [7, 11) is 0. The van der Waals surface area contributed by atoms with Gasteiger partial charge in [-0.3, -0.25) is 4.79 Å². The summed E-state index contributed by atoms with van der Waals surface area (Å²) in [6, 6.07) is 17.8. The minimum atomic E-state index is -0.543. The fraction of sp³-hybridized carbons (Fsp3) is 0.278. The Morgan fingerprint density at radius 1 is 1.00 bits per heavy atom. The second-order valence-electron chi connectivity index (χ2n) is 5.69. The van der Waals surface area contributed by atoms with Crippen molar-refractivity contribution in [1.29, 1.82) is 0 Å². The average Bonchev–Trinajstić information content (AvgIpc) is 2.53. The highest BCUT2D eigenvalue weighted by Gasteiger charge is 2.29. The predicted molar refractivity (Wildman–Crippen MR) is 85.6 cm³/mol. The molecular weight excluding hydrogens is 260 g/mol. The Labute approximate surface area is 126 Å². The van der Waals surface area contributed by atoms with Crippen molar-refractivity contribution in [1.82, 2.24) is 5.32 Å². The minimum absolute atomic E-state index is 0.0246. The maximum atomic E-state index is 12.4. The number of carbonyl (C=O) groups excluding carboxylic acids is 1. The Hall–Kier alpha value is -2.13. The molecule has 0 heterocycles. The summed E-state index contributed by atoms with van der Waals surface area (Å²) < 4.78 is 0. The quantitative estimate of drug-likeness (QED) is 0.886. The molecule has 0 bridgehead atoms. The number of hydrogen-bond donors (Lipinski definition) is 2. The van der Waals surface area contributed by atoms with Crippen molar-refractivity contribution >= 4 is 5.91 Å². The van der Waals surface area contributed by atoms with Gasteiger partial charge in [-0.25, -0.2) is 0 Å². The number of nitrogens with one attached hydrogen (secondary N) is 1. The van der Waals surface area contributed by atoms with Crippen molar-refractivity contribution in [2.75, 3.05) is 0 Å². The lowest BCUT2D eigenvalue weighted by Crippen LogP contribution is -2.39. The maximum absolute atomic E-state index is 12.4. The van der Waals surface area contributed by atoms with Crippen LogP contribution < -0.4 is 11.1 Å². The van der Waals surface area contributed by atoms with Crippen LogP contribution in [0.1, 0.15) is 30.5 Å². The molecular formula is C18H22N2O. The smallest absolute Gasteiger partial charge is 0.230 e. The first-order valence-electron chi connectivity index (χ1n) is 7.16. The van der Waals surface area contributed by atoms with Gasteiger partial charge in [0.2, 0.25) is 5.91 Å².